The normalized spacial score (nSPS) is 32.1. The molecule has 0 aliphatic heterocycles. The molecular weight excluding hydrogens is 216 g/mol. The van der Waals surface area contributed by atoms with Crippen LogP contribution in [0.15, 0.2) is 53.1 Å². The van der Waals surface area contributed by atoms with Crippen molar-refractivity contribution in [3.05, 3.63) is 60.1 Å². The average Bonchev–Trinajstić information content (AvgIpc) is 2.90. The molecule has 0 unspecified atom stereocenters. The third kappa shape index (κ3) is 1.30. The maximum atomic E-state index is 10.7. The van der Waals surface area contributed by atoms with Crippen LogP contribution in [0.25, 0.3) is 0 Å². The number of benzene rings is 1. The van der Waals surface area contributed by atoms with Crippen molar-refractivity contribution >= 4 is 0 Å². The van der Waals surface area contributed by atoms with E-state index in [1.54, 1.807) is 12.1 Å². The molecule has 0 spiro atoms. The van der Waals surface area contributed by atoms with Gasteiger partial charge >= 0.3 is 0 Å². The molecule has 17 heavy (non-hydrogen) atoms. The van der Waals surface area contributed by atoms with E-state index in [1.807, 2.05) is 30.3 Å². The Morgan fingerprint density at radius 2 is 1.59 bits per heavy atom. The highest BCUT2D eigenvalue weighted by Gasteiger charge is 2.61. The van der Waals surface area contributed by atoms with Gasteiger partial charge in [0.05, 0.1) is 6.26 Å². The van der Waals surface area contributed by atoms with E-state index in [1.165, 1.54) is 6.26 Å². The Kier molecular flexibility index (Phi) is 2.15. The van der Waals surface area contributed by atoms with E-state index in [4.69, 9.17) is 4.42 Å². The third-order valence-corrected chi connectivity index (χ3v) is 3.71. The first-order valence-corrected chi connectivity index (χ1v) is 5.71. The van der Waals surface area contributed by atoms with Gasteiger partial charge in [-0.05, 0) is 30.5 Å². The van der Waals surface area contributed by atoms with Gasteiger partial charge in [0, 0.05) is 0 Å². The van der Waals surface area contributed by atoms with Gasteiger partial charge in [0.25, 0.3) is 0 Å². The maximum Gasteiger partial charge on any atom is 0.155 e. The highest BCUT2D eigenvalue weighted by atomic mass is 16.4. The fourth-order valence-electron chi connectivity index (χ4n) is 2.54. The average molecular weight is 230 g/mol. The van der Waals surface area contributed by atoms with E-state index >= 15 is 0 Å². The molecule has 2 atom stereocenters. The first kappa shape index (κ1) is 10.6. The van der Waals surface area contributed by atoms with Crippen molar-refractivity contribution in [1.29, 1.82) is 0 Å². The number of furan rings is 1. The van der Waals surface area contributed by atoms with E-state index < -0.39 is 11.2 Å². The summed E-state index contributed by atoms with van der Waals surface area (Å²) in [5.41, 5.74) is -1.82. The van der Waals surface area contributed by atoms with E-state index in [2.05, 4.69) is 0 Å². The summed E-state index contributed by atoms with van der Waals surface area (Å²) in [6.07, 6.45) is 2.55. The Labute approximate surface area is 99.3 Å². The smallest absolute Gasteiger partial charge is 0.155 e. The fraction of sp³-hybridized carbons (Fsp3) is 0.286. The minimum absolute atomic E-state index is 0.426. The van der Waals surface area contributed by atoms with Crippen LogP contribution in [0.2, 0.25) is 0 Å². The largest absolute Gasteiger partial charge is 0.466 e. The highest BCUT2D eigenvalue weighted by Crippen LogP contribution is 2.55. The van der Waals surface area contributed by atoms with Crippen LogP contribution >= 0.6 is 0 Å². The summed E-state index contributed by atoms with van der Waals surface area (Å²) in [5, 5.41) is 21.3. The quantitative estimate of drug-likeness (QED) is 0.831. The van der Waals surface area contributed by atoms with E-state index in [0.29, 0.717) is 18.6 Å². The first-order valence-electron chi connectivity index (χ1n) is 5.71. The molecule has 0 saturated heterocycles. The number of rotatable bonds is 2. The van der Waals surface area contributed by atoms with Crippen molar-refractivity contribution < 1.29 is 14.6 Å². The lowest BCUT2D eigenvalue weighted by Gasteiger charge is -2.51. The van der Waals surface area contributed by atoms with Crippen LogP contribution < -0.4 is 0 Å². The summed E-state index contributed by atoms with van der Waals surface area (Å²) in [7, 11) is 0. The van der Waals surface area contributed by atoms with Gasteiger partial charge in [-0.1, -0.05) is 30.3 Å². The Bertz CT molecular complexity index is 506. The van der Waals surface area contributed by atoms with Crippen LogP contribution in [0, 0.1) is 0 Å². The van der Waals surface area contributed by atoms with Crippen molar-refractivity contribution in [2.45, 2.75) is 24.0 Å². The SMILES string of the molecule is O[C@@]1(c2ccccc2)CC[C@]1(O)c1ccco1. The van der Waals surface area contributed by atoms with Gasteiger partial charge in [-0.3, -0.25) is 0 Å². The lowest BCUT2D eigenvalue weighted by molar-refractivity contribution is -0.245. The summed E-state index contributed by atoms with van der Waals surface area (Å²) >= 11 is 0. The highest BCUT2D eigenvalue weighted by molar-refractivity contribution is 5.34. The van der Waals surface area contributed by atoms with Crippen molar-refractivity contribution in [3.8, 4) is 0 Å². The molecule has 0 amide bonds. The monoisotopic (exact) mass is 230 g/mol. The summed E-state index contributed by atoms with van der Waals surface area (Å²) < 4.78 is 5.25. The Morgan fingerprint density at radius 3 is 2.12 bits per heavy atom. The minimum atomic E-state index is -1.31. The zero-order chi connectivity index (χ0) is 11.9. The molecule has 0 bridgehead atoms. The summed E-state index contributed by atoms with van der Waals surface area (Å²) in [6.45, 7) is 0. The third-order valence-electron chi connectivity index (χ3n) is 3.71. The molecule has 2 N–H and O–H groups in total. The second-order valence-corrected chi connectivity index (χ2v) is 4.56. The lowest BCUT2D eigenvalue weighted by atomic mass is 9.61. The number of hydrogen-bond acceptors (Lipinski definition) is 3. The lowest BCUT2D eigenvalue weighted by Crippen LogP contribution is -2.57. The zero-order valence-corrected chi connectivity index (χ0v) is 9.34. The molecule has 3 rings (SSSR count). The summed E-state index contributed by atoms with van der Waals surface area (Å²) in [5.74, 6) is 0.426. The Balaban J connectivity index is 2.05. The van der Waals surface area contributed by atoms with E-state index in [0.717, 1.165) is 5.56 Å². The number of hydrogen-bond donors (Lipinski definition) is 2. The summed E-state index contributed by atoms with van der Waals surface area (Å²) in [6, 6.07) is 12.7. The molecule has 0 radical (unpaired) electrons. The van der Waals surface area contributed by atoms with Crippen molar-refractivity contribution in [3.63, 3.8) is 0 Å². The maximum absolute atomic E-state index is 10.7. The molecule has 2 aromatic rings. The van der Waals surface area contributed by atoms with Crippen LogP contribution in [0.3, 0.4) is 0 Å². The van der Waals surface area contributed by atoms with Gasteiger partial charge in [-0.15, -0.1) is 0 Å². The Hall–Kier alpha value is -1.58. The predicted molar refractivity (Wildman–Crippen MR) is 62.2 cm³/mol. The molecule has 1 fully saturated rings. The predicted octanol–water partition coefficient (Wildman–Crippen LogP) is 2.15. The molecule has 3 heteroatoms. The topological polar surface area (TPSA) is 53.6 Å². The van der Waals surface area contributed by atoms with Crippen LogP contribution in [0.1, 0.15) is 24.2 Å². The Morgan fingerprint density at radius 1 is 0.882 bits per heavy atom. The molecule has 88 valence electrons. The van der Waals surface area contributed by atoms with E-state index in [9.17, 15) is 10.2 Å². The molecule has 1 aromatic heterocycles. The molecule has 1 saturated carbocycles. The van der Waals surface area contributed by atoms with Crippen LogP contribution in [-0.4, -0.2) is 10.2 Å². The van der Waals surface area contributed by atoms with Gasteiger partial charge in [0.2, 0.25) is 0 Å². The summed E-state index contributed by atoms with van der Waals surface area (Å²) in [4.78, 5) is 0. The molecular formula is C14H14O3. The molecule has 1 heterocycles. The standard InChI is InChI=1S/C14H14O3/c15-13(11-5-2-1-3-6-11)8-9-14(13,16)12-7-4-10-17-12/h1-7,10,15-16H,8-9H2/t13-,14+/m1/s1. The second kappa shape index (κ2) is 3.45. The molecule has 3 nitrogen and oxygen atoms in total. The molecule has 1 aliphatic rings. The minimum Gasteiger partial charge on any atom is -0.466 e. The van der Waals surface area contributed by atoms with Gasteiger partial charge in [0.1, 0.15) is 11.4 Å². The fourth-order valence-corrected chi connectivity index (χ4v) is 2.54. The van der Waals surface area contributed by atoms with Crippen LogP contribution in [0.5, 0.6) is 0 Å². The van der Waals surface area contributed by atoms with Crippen LogP contribution in [-0.2, 0) is 11.2 Å². The molecule has 1 aliphatic carbocycles. The zero-order valence-electron chi connectivity index (χ0n) is 9.34. The van der Waals surface area contributed by atoms with Gasteiger partial charge in [0.15, 0.2) is 5.60 Å². The van der Waals surface area contributed by atoms with E-state index in [-0.39, 0.29) is 0 Å². The second-order valence-electron chi connectivity index (χ2n) is 4.56. The van der Waals surface area contributed by atoms with Crippen LogP contribution in [0.4, 0.5) is 0 Å². The van der Waals surface area contributed by atoms with Crippen molar-refractivity contribution in [1.82, 2.24) is 0 Å². The van der Waals surface area contributed by atoms with Crippen molar-refractivity contribution in [2.75, 3.05) is 0 Å². The number of aliphatic hydroxyl groups is 2. The van der Waals surface area contributed by atoms with Gasteiger partial charge in [-0.25, -0.2) is 0 Å². The van der Waals surface area contributed by atoms with Gasteiger partial charge in [-0.2, -0.15) is 0 Å². The van der Waals surface area contributed by atoms with Gasteiger partial charge < -0.3 is 14.6 Å². The van der Waals surface area contributed by atoms with Crippen molar-refractivity contribution in [2.24, 2.45) is 0 Å². The first-order chi connectivity index (χ1) is 8.17. The molecule has 1 aromatic carbocycles.